The van der Waals surface area contributed by atoms with E-state index in [1.807, 2.05) is 30.3 Å². The molecular formula is C29H44N8O6. The number of benzene rings is 1. The van der Waals surface area contributed by atoms with Crippen LogP contribution >= 0.6 is 0 Å². The number of nitrogens with two attached hydrogens (primary N) is 3. The second-order valence-corrected chi connectivity index (χ2v) is 11.0. The molecule has 2 heterocycles. The lowest BCUT2D eigenvalue weighted by atomic mass is 10.0. The third-order valence-corrected chi connectivity index (χ3v) is 7.72. The maximum Gasteiger partial charge on any atom is 0.303 e. The van der Waals surface area contributed by atoms with Gasteiger partial charge in [-0.2, -0.15) is 0 Å². The maximum absolute atomic E-state index is 13.8. The Labute approximate surface area is 251 Å². The van der Waals surface area contributed by atoms with Crippen LogP contribution in [0.25, 0.3) is 0 Å². The van der Waals surface area contributed by atoms with Crippen LogP contribution in [0.2, 0.25) is 0 Å². The van der Waals surface area contributed by atoms with Crippen LogP contribution in [0.15, 0.2) is 35.3 Å². The number of amides is 4. The van der Waals surface area contributed by atoms with Gasteiger partial charge in [-0.1, -0.05) is 30.3 Å². The summed E-state index contributed by atoms with van der Waals surface area (Å²) in [6.45, 7) is 1.16. The quantitative estimate of drug-likeness (QED) is 0.0828. The lowest BCUT2D eigenvalue weighted by Crippen LogP contribution is -2.57. The van der Waals surface area contributed by atoms with Crippen LogP contribution in [0.5, 0.6) is 0 Å². The number of hydrogen-bond acceptors (Lipinski definition) is 7. The van der Waals surface area contributed by atoms with Crippen molar-refractivity contribution >= 4 is 35.6 Å². The summed E-state index contributed by atoms with van der Waals surface area (Å²) < 4.78 is 0. The Morgan fingerprint density at radius 3 is 2.19 bits per heavy atom. The van der Waals surface area contributed by atoms with E-state index in [9.17, 15) is 24.0 Å². The van der Waals surface area contributed by atoms with E-state index in [0.717, 1.165) is 5.56 Å². The number of carbonyl (C=O) groups excluding carboxylic acids is 4. The molecule has 3 rings (SSSR count). The SMILES string of the molecule is NC(N)=NCCC[C@H](NC(=O)[C@H]1CCCN1C(=O)[C@H](N)Cc1ccccc1)C(=O)N1CCC[C@H]1C(=O)NCCCC(=O)O. The number of aliphatic imine (C=N–C) groups is 1. The minimum absolute atomic E-state index is 0.0741. The molecule has 1 aromatic rings. The molecule has 0 aromatic heterocycles. The van der Waals surface area contributed by atoms with Crippen molar-refractivity contribution in [2.24, 2.45) is 22.2 Å². The number of rotatable bonds is 15. The molecule has 236 valence electrons. The van der Waals surface area contributed by atoms with Crippen LogP contribution in [0, 0.1) is 0 Å². The lowest BCUT2D eigenvalue weighted by molar-refractivity contribution is -0.143. The van der Waals surface area contributed by atoms with Gasteiger partial charge >= 0.3 is 5.97 Å². The molecule has 9 N–H and O–H groups in total. The van der Waals surface area contributed by atoms with Crippen molar-refractivity contribution in [1.82, 2.24) is 20.4 Å². The normalized spacial score (nSPS) is 19.4. The Kier molecular flexibility index (Phi) is 12.7. The first-order valence-corrected chi connectivity index (χ1v) is 14.8. The van der Waals surface area contributed by atoms with E-state index in [1.54, 1.807) is 0 Å². The summed E-state index contributed by atoms with van der Waals surface area (Å²) in [4.78, 5) is 71.1. The van der Waals surface area contributed by atoms with E-state index < -0.39 is 42.0 Å². The number of aliphatic carboxylic acids is 1. The molecule has 14 nitrogen and oxygen atoms in total. The first-order valence-electron chi connectivity index (χ1n) is 14.8. The Hall–Kier alpha value is -4.20. The fraction of sp³-hybridized carbons (Fsp3) is 0.586. The Morgan fingerprint density at radius 1 is 0.930 bits per heavy atom. The summed E-state index contributed by atoms with van der Waals surface area (Å²) in [5, 5.41) is 14.4. The minimum atomic E-state index is -0.961. The summed E-state index contributed by atoms with van der Waals surface area (Å²) in [7, 11) is 0. The predicted molar refractivity (Wildman–Crippen MR) is 159 cm³/mol. The van der Waals surface area contributed by atoms with Crippen molar-refractivity contribution < 1.29 is 29.1 Å². The third-order valence-electron chi connectivity index (χ3n) is 7.72. The van der Waals surface area contributed by atoms with Crippen LogP contribution in [-0.4, -0.2) is 101 Å². The van der Waals surface area contributed by atoms with E-state index in [2.05, 4.69) is 15.6 Å². The first-order chi connectivity index (χ1) is 20.6. The van der Waals surface area contributed by atoms with Gasteiger partial charge in [0.05, 0.1) is 6.04 Å². The number of carbonyl (C=O) groups is 5. The molecule has 0 unspecified atom stereocenters. The number of guanidine groups is 1. The number of carboxylic acids is 1. The van der Waals surface area contributed by atoms with Crippen molar-refractivity contribution in [2.45, 2.75) is 82.0 Å². The summed E-state index contributed by atoms with van der Waals surface area (Å²) >= 11 is 0. The molecular weight excluding hydrogens is 556 g/mol. The number of nitrogens with zero attached hydrogens (tertiary/aromatic N) is 3. The Bertz CT molecular complexity index is 1160. The van der Waals surface area contributed by atoms with Crippen LogP contribution in [0.4, 0.5) is 0 Å². The molecule has 4 amide bonds. The van der Waals surface area contributed by atoms with E-state index in [-0.39, 0.29) is 50.1 Å². The van der Waals surface area contributed by atoms with Gasteiger partial charge in [0.2, 0.25) is 23.6 Å². The van der Waals surface area contributed by atoms with Crippen molar-refractivity contribution in [3.8, 4) is 0 Å². The van der Waals surface area contributed by atoms with E-state index in [4.69, 9.17) is 22.3 Å². The molecule has 0 spiro atoms. The highest BCUT2D eigenvalue weighted by molar-refractivity contribution is 5.95. The summed E-state index contributed by atoms with van der Waals surface area (Å²) in [6, 6.07) is 6.14. The Balaban J connectivity index is 1.68. The highest BCUT2D eigenvalue weighted by atomic mass is 16.4. The molecule has 0 radical (unpaired) electrons. The summed E-state index contributed by atoms with van der Waals surface area (Å²) in [6.07, 6.45) is 3.28. The van der Waals surface area contributed by atoms with Crippen LogP contribution in [-0.2, 0) is 30.4 Å². The average molecular weight is 601 g/mol. The zero-order valence-electron chi connectivity index (χ0n) is 24.5. The molecule has 2 fully saturated rings. The highest BCUT2D eigenvalue weighted by Gasteiger charge is 2.40. The van der Waals surface area contributed by atoms with Gasteiger partial charge in [-0.3, -0.25) is 29.0 Å². The van der Waals surface area contributed by atoms with Gasteiger partial charge in [0, 0.05) is 32.6 Å². The first kappa shape index (κ1) is 33.3. The maximum atomic E-state index is 13.8. The predicted octanol–water partition coefficient (Wildman–Crippen LogP) is -0.942. The molecule has 2 aliphatic heterocycles. The number of carboxylic acid groups (broad SMARTS) is 1. The molecule has 0 saturated carbocycles. The van der Waals surface area contributed by atoms with Gasteiger partial charge in [-0.15, -0.1) is 0 Å². The third kappa shape index (κ3) is 9.94. The van der Waals surface area contributed by atoms with Gasteiger partial charge < -0.3 is 42.7 Å². The fourth-order valence-electron chi connectivity index (χ4n) is 5.57. The molecule has 0 bridgehead atoms. The Morgan fingerprint density at radius 2 is 1.56 bits per heavy atom. The zero-order valence-corrected chi connectivity index (χ0v) is 24.5. The standard InChI is InChI=1S/C29H44N8O6/c30-20(18-19-8-2-1-3-9-19)27(42)36-16-7-12-23(36)26(41)35-21(10-4-15-34-29(31)32)28(43)37-17-6-11-22(37)25(40)33-14-5-13-24(38)39/h1-3,8-9,20-23H,4-7,10-18,30H2,(H,33,40)(H,35,41)(H,38,39)(H4,31,32,34)/t20-,21+,22+,23-/m1/s1. The van der Waals surface area contributed by atoms with Crippen molar-refractivity contribution in [2.75, 3.05) is 26.2 Å². The van der Waals surface area contributed by atoms with Crippen molar-refractivity contribution in [3.63, 3.8) is 0 Å². The van der Waals surface area contributed by atoms with Crippen LogP contribution in [0.3, 0.4) is 0 Å². The van der Waals surface area contributed by atoms with Crippen LogP contribution in [0.1, 0.15) is 56.9 Å². The molecule has 2 aliphatic rings. The average Bonchev–Trinajstić information content (AvgIpc) is 3.67. The van der Waals surface area contributed by atoms with Crippen molar-refractivity contribution in [1.29, 1.82) is 0 Å². The van der Waals surface area contributed by atoms with Gasteiger partial charge in [0.1, 0.15) is 18.1 Å². The molecule has 4 atom stereocenters. The zero-order chi connectivity index (χ0) is 31.4. The highest BCUT2D eigenvalue weighted by Crippen LogP contribution is 2.22. The smallest absolute Gasteiger partial charge is 0.303 e. The fourth-order valence-corrected chi connectivity index (χ4v) is 5.57. The second-order valence-electron chi connectivity index (χ2n) is 11.0. The van der Waals surface area contributed by atoms with E-state index in [0.29, 0.717) is 51.6 Å². The molecule has 1 aromatic carbocycles. The van der Waals surface area contributed by atoms with Gasteiger partial charge in [0.15, 0.2) is 5.96 Å². The minimum Gasteiger partial charge on any atom is -0.481 e. The summed E-state index contributed by atoms with van der Waals surface area (Å²) in [5.74, 6) is -2.58. The number of hydrogen-bond donors (Lipinski definition) is 6. The second kappa shape index (κ2) is 16.4. The molecule has 2 saturated heterocycles. The molecule has 14 heteroatoms. The van der Waals surface area contributed by atoms with Crippen LogP contribution < -0.4 is 27.8 Å². The lowest BCUT2D eigenvalue weighted by Gasteiger charge is -2.31. The number of nitrogens with one attached hydrogen (secondary N) is 2. The van der Waals surface area contributed by atoms with Gasteiger partial charge in [-0.05, 0) is 56.9 Å². The van der Waals surface area contributed by atoms with E-state index >= 15 is 0 Å². The van der Waals surface area contributed by atoms with E-state index in [1.165, 1.54) is 9.80 Å². The van der Waals surface area contributed by atoms with Gasteiger partial charge in [0.25, 0.3) is 0 Å². The number of likely N-dealkylation sites (tertiary alicyclic amines) is 2. The summed E-state index contributed by atoms with van der Waals surface area (Å²) in [5.41, 5.74) is 18.0. The molecule has 43 heavy (non-hydrogen) atoms. The largest absolute Gasteiger partial charge is 0.481 e. The molecule has 0 aliphatic carbocycles. The van der Waals surface area contributed by atoms with Crippen molar-refractivity contribution in [3.05, 3.63) is 35.9 Å². The van der Waals surface area contributed by atoms with Gasteiger partial charge in [-0.25, -0.2) is 0 Å². The topological polar surface area (TPSA) is 227 Å². The monoisotopic (exact) mass is 600 g/mol.